The van der Waals surface area contributed by atoms with Crippen molar-refractivity contribution in [1.82, 2.24) is 5.32 Å². The van der Waals surface area contributed by atoms with Crippen molar-refractivity contribution in [3.05, 3.63) is 53.5 Å². The molecule has 2 aromatic rings. The highest BCUT2D eigenvalue weighted by Gasteiger charge is 2.03. The minimum absolute atomic E-state index is 0.472. The third-order valence-electron chi connectivity index (χ3n) is 2.95. The van der Waals surface area contributed by atoms with E-state index in [-0.39, 0.29) is 0 Å². The summed E-state index contributed by atoms with van der Waals surface area (Å²) >= 11 is 0. The van der Waals surface area contributed by atoms with Gasteiger partial charge in [-0.1, -0.05) is 26.0 Å². The van der Waals surface area contributed by atoms with Gasteiger partial charge in [0, 0.05) is 0 Å². The number of hydrogen-bond acceptors (Lipinski definition) is 3. The topological polar surface area (TPSA) is 34.4 Å². The zero-order valence-electron chi connectivity index (χ0n) is 11.6. The number of rotatable bonds is 7. The summed E-state index contributed by atoms with van der Waals surface area (Å²) in [6, 6.07) is 12.1. The molecule has 102 valence electrons. The van der Waals surface area contributed by atoms with Gasteiger partial charge in [-0.15, -0.1) is 0 Å². The molecule has 0 bridgehead atoms. The number of ether oxygens (including phenoxy) is 1. The quantitative estimate of drug-likeness (QED) is 0.826. The highest BCUT2D eigenvalue weighted by atomic mass is 16.5. The van der Waals surface area contributed by atoms with Gasteiger partial charge in [-0.2, -0.15) is 0 Å². The van der Waals surface area contributed by atoms with Crippen LogP contribution in [0.3, 0.4) is 0 Å². The van der Waals surface area contributed by atoms with Crippen LogP contribution in [0.5, 0.6) is 5.75 Å². The van der Waals surface area contributed by atoms with E-state index in [9.17, 15) is 0 Å². The number of aryl methyl sites for hydroxylation is 1. The third-order valence-corrected chi connectivity index (χ3v) is 2.95. The van der Waals surface area contributed by atoms with Gasteiger partial charge in [-0.25, -0.2) is 0 Å². The van der Waals surface area contributed by atoms with Gasteiger partial charge in [0.15, 0.2) is 0 Å². The lowest BCUT2D eigenvalue weighted by Crippen LogP contribution is -2.10. The number of hydrogen-bond donors (Lipinski definition) is 1. The molecule has 0 amide bonds. The van der Waals surface area contributed by atoms with E-state index in [1.807, 2.05) is 24.3 Å². The van der Waals surface area contributed by atoms with Crippen molar-refractivity contribution in [1.29, 1.82) is 0 Å². The van der Waals surface area contributed by atoms with Gasteiger partial charge in [0.05, 0.1) is 6.54 Å². The van der Waals surface area contributed by atoms with E-state index >= 15 is 0 Å². The van der Waals surface area contributed by atoms with Crippen LogP contribution >= 0.6 is 0 Å². The summed E-state index contributed by atoms with van der Waals surface area (Å²) in [5.74, 6) is 2.70. The van der Waals surface area contributed by atoms with Gasteiger partial charge in [-0.3, -0.25) is 0 Å². The van der Waals surface area contributed by atoms with Crippen molar-refractivity contribution in [2.24, 2.45) is 0 Å². The Morgan fingerprint density at radius 1 is 1.11 bits per heavy atom. The molecule has 0 aliphatic rings. The minimum Gasteiger partial charge on any atom is -0.486 e. The van der Waals surface area contributed by atoms with E-state index in [0.29, 0.717) is 6.61 Å². The molecular formula is C16H21NO2. The Bertz CT molecular complexity index is 505. The Labute approximate surface area is 114 Å². The first-order chi connectivity index (χ1) is 9.31. The molecule has 0 unspecified atom stereocenters. The monoisotopic (exact) mass is 259 g/mol. The van der Waals surface area contributed by atoms with Gasteiger partial charge in [0.1, 0.15) is 23.9 Å². The molecule has 0 saturated heterocycles. The van der Waals surface area contributed by atoms with E-state index < -0.39 is 0 Å². The van der Waals surface area contributed by atoms with Gasteiger partial charge in [0.25, 0.3) is 0 Å². The van der Waals surface area contributed by atoms with E-state index in [0.717, 1.165) is 36.8 Å². The molecule has 0 saturated carbocycles. The fraction of sp³-hybridized carbons (Fsp3) is 0.375. The molecule has 0 radical (unpaired) electrons. The third kappa shape index (κ3) is 4.14. The first-order valence-corrected chi connectivity index (χ1v) is 6.82. The van der Waals surface area contributed by atoms with Crippen molar-refractivity contribution in [2.45, 2.75) is 33.4 Å². The van der Waals surface area contributed by atoms with Crippen LogP contribution in [0.25, 0.3) is 0 Å². The van der Waals surface area contributed by atoms with Gasteiger partial charge in [0.2, 0.25) is 0 Å². The highest BCUT2D eigenvalue weighted by molar-refractivity contribution is 5.28. The second-order valence-electron chi connectivity index (χ2n) is 4.44. The average molecular weight is 259 g/mol. The first-order valence-electron chi connectivity index (χ1n) is 6.82. The zero-order valence-corrected chi connectivity index (χ0v) is 11.6. The Balaban J connectivity index is 1.89. The van der Waals surface area contributed by atoms with Crippen LogP contribution in [-0.4, -0.2) is 6.54 Å². The van der Waals surface area contributed by atoms with Crippen LogP contribution in [-0.2, 0) is 19.6 Å². The Kier molecular flexibility index (Phi) is 5.04. The summed E-state index contributed by atoms with van der Waals surface area (Å²) in [4.78, 5) is 0. The fourth-order valence-corrected chi connectivity index (χ4v) is 1.85. The number of furan rings is 1. The fourth-order valence-electron chi connectivity index (χ4n) is 1.85. The second kappa shape index (κ2) is 7.00. The molecule has 0 spiro atoms. The summed E-state index contributed by atoms with van der Waals surface area (Å²) in [7, 11) is 0. The van der Waals surface area contributed by atoms with Crippen LogP contribution in [0.4, 0.5) is 0 Å². The molecule has 0 fully saturated rings. The van der Waals surface area contributed by atoms with Crippen LogP contribution in [0.2, 0.25) is 0 Å². The predicted octanol–water partition coefficient (Wildman–Crippen LogP) is 3.53. The van der Waals surface area contributed by atoms with Crippen LogP contribution in [0, 0.1) is 0 Å². The molecule has 0 aliphatic carbocycles. The maximum absolute atomic E-state index is 5.74. The summed E-state index contributed by atoms with van der Waals surface area (Å²) in [5, 5.41) is 3.23. The summed E-state index contributed by atoms with van der Waals surface area (Å²) < 4.78 is 11.4. The van der Waals surface area contributed by atoms with E-state index in [2.05, 4.69) is 31.3 Å². The van der Waals surface area contributed by atoms with Crippen LogP contribution in [0.15, 0.2) is 40.8 Å². The van der Waals surface area contributed by atoms with E-state index in [4.69, 9.17) is 9.15 Å². The average Bonchev–Trinajstić information content (AvgIpc) is 2.91. The smallest absolute Gasteiger partial charge is 0.146 e. The van der Waals surface area contributed by atoms with Gasteiger partial charge >= 0.3 is 0 Å². The van der Waals surface area contributed by atoms with Crippen LogP contribution < -0.4 is 10.1 Å². The van der Waals surface area contributed by atoms with Crippen LogP contribution in [0.1, 0.15) is 30.9 Å². The molecule has 3 heteroatoms. The van der Waals surface area contributed by atoms with E-state index in [1.165, 1.54) is 5.56 Å². The first kappa shape index (κ1) is 13.7. The summed E-state index contributed by atoms with van der Waals surface area (Å²) in [6.45, 7) is 6.39. The molecule has 19 heavy (non-hydrogen) atoms. The highest BCUT2D eigenvalue weighted by Crippen LogP contribution is 2.16. The molecule has 1 heterocycles. The SMILES string of the molecule is CCNCc1ccc(COc2cccc(CC)c2)o1. The predicted molar refractivity (Wildman–Crippen MR) is 76.2 cm³/mol. The summed E-state index contributed by atoms with van der Waals surface area (Å²) in [5.41, 5.74) is 1.28. The maximum Gasteiger partial charge on any atom is 0.146 e. The van der Waals surface area contributed by atoms with Gasteiger partial charge in [-0.05, 0) is 42.8 Å². The lowest BCUT2D eigenvalue weighted by molar-refractivity contribution is 0.265. The molecule has 3 nitrogen and oxygen atoms in total. The molecular weight excluding hydrogens is 238 g/mol. The number of nitrogens with one attached hydrogen (secondary N) is 1. The van der Waals surface area contributed by atoms with Crippen molar-refractivity contribution in [3.63, 3.8) is 0 Å². The van der Waals surface area contributed by atoms with Crippen molar-refractivity contribution in [2.75, 3.05) is 6.54 Å². The largest absolute Gasteiger partial charge is 0.486 e. The molecule has 0 atom stereocenters. The maximum atomic E-state index is 5.74. The van der Waals surface area contributed by atoms with Crippen molar-refractivity contribution < 1.29 is 9.15 Å². The lowest BCUT2D eigenvalue weighted by Gasteiger charge is -2.05. The normalized spacial score (nSPS) is 10.6. The lowest BCUT2D eigenvalue weighted by atomic mass is 10.2. The Morgan fingerprint density at radius 3 is 2.74 bits per heavy atom. The minimum atomic E-state index is 0.472. The zero-order chi connectivity index (χ0) is 13.5. The molecule has 0 aliphatic heterocycles. The second-order valence-corrected chi connectivity index (χ2v) is 4.44. The standard InChI is InChI=1S/C16H21NO2/c1-3-13-6-5-7-14(10-13)18-12-16-9-8-15(19-16)11-17-4-2/h5-10,17H,3-4,11-12H2,1-2H3. The summed E-state index contributed by atoms with van der Waals surface area (Å²) in [6.07, 6.45) is 1.02. The molecule has 1 aromatic carbocycles. The molecule has 1 N–H and O–H groups in total. The molecule has 2 rings (SSSR count). The Morgan fingerprint density at radius 2 is 1.95 bits per heavy atom. The molecule has 1 aromatic heterocycles. The van der Waals surface area contributed by atoms with Gasteiger partial charge < -0.3 is 14.5 Å². The van der Waals surface area contributed by atoms with Crippen molar-refractivity contribution in [3.8, 4) is 5.75 Å². The van der Waals surface area contributed by atoms with E-state index in [1.54, 1.807) is 0 Å². The Hall–Kier alpha value is -1.74. The van der Waals surface area contributed by atoms with Crippen molar-refractivity contribution >= 4 is 0 Å². The number of benzene rings is 1.